The zero-order valence-electron chi connectivity index (χ0n) is 11.4. The van der Waals surface area contributed by atoms with Gasteiger partial charge in [0.2, 0.25) is 5.43 Å². The van der Waals surface area contributed by atoms with Gasteiger partial charge in [-0.25, -0.2) is 4.39 Å². The molecule has 1 aromatic carbocycles. The molecule has 0 saturated heterocycles. The SMILES string of the molecule is COCCn1cc(-c2ccc(F)cc2)c(=O)c(C(N)=O)n1. The number of amides is 1. The van der Waals surface area contributed by atoms with E-state index >= 15 is 0 Å². The average Bonchev–Trinajstić information content (AvgIpc) is 2.47. The summed E-state index contributed by atoms with van der Waals surface area (Å²) in [5.74, 6) is -1.32. The average molecular weight is 291 g/mol. The molecule has 6 nitrogen and oxygen atoms in total. The quantitative estimate of drug-likeness (QED) is 0.882. The van der Waals surface area contributed by atoms with Crippen molar-refractivity contribution in [2.75, 3.05) is 13.7 Å². The van der Waals surface area contributed by atoms with Gasteiger partial charge in [-0.2, -0.15) is 5.10 Å². The van der Waals surface area contributed by atoms with Gasteiger partial charge in [0.1, 0.15) is 5.82 Å². The van der Waals surface area contributed by atoms with Crippen molar-refractivity contribution in [2.24, 2.45) is 5.73 Å². The van der Waals surface area contributed by atoms with Gasteiger partial charge in [-0.3, -0.25) is 14.3 Å². The maximum Gasteiger partial charge on any atom is 0.273 e. The van der Waals surface area contributed by atoms with E-state index in [1.54, 1.807) is 0 Å². The lowest BCUT2D eigenvalue weighted by molar-refractivity contribution is 0.0991. The molecule has 2 rings (SSSR count). The molecule has 2 aromatic rings. The highest BCUT2D eigenvalue weighted by atomic mass is 19.1. The maximum atomic E-state index is 13.0. The molecular formula is C14H14FN3O3. The van der Waals surface area contributed by atoms with Crippen LogP contribution in [0.5, 0.6) is 0 Å². The van der Waals surface area contributed by atoms with Crippen LogP contribution in [0.4, 0.5) is 4.39 Å². The van der Waals surface area contributed by atoms with E-state index in [0.29, 0.717) is 18.7 Å². The van der Waals surface area contributed by atoms with Crippen LogP contribution in [-0.2, 0) is 11.3 Å². The molecule has 1 aromatic heterocycles. The van der Waals surface area contributed by atoms with Gasteiger partial charge in [0.25, 0.3) is 5.91 Å². The van der Waals surface area contributed by atoms with Crippen LogP contribution >= 0.6 is 0 Å². The second-order valence-electron chi connectivity index (χ2n) is 4.35. The predicted octanol–water partition coefficient (Wildman–Crippen LogP) is 0.795. The Bertz CT molecular complexity index is 710. The summed E-state index contributed by atoms with van der Waals surface area (Å²) in [6.07, 6.45) is 1.49. The van der Waals surface area contributed by atoms with Gasteiger partial charge in [-0.1, -0.05) is 12.1 Å². The molecule has 0 atom stereocenters. The van der Waals surface area contributed by atoms with Crippen molar-refractivity contribution in [3.05, 3.63) is 52.2 Å². The number of carbonyl (C=O) groups excluding carboxylic acids is 1. The van der Waals surface area contributed by atoms with Gasteiger partial charge in [-0.15, -0.1) is 0 Å². The summed E-state index contributed by atoms with van der Waals surface area (Å²) in [5, 5.41) is 3.89. The van der Waals surface area contributed by atoms with Crippen LogP contribution in [0.3, 0.4) is 0 Å². The molecule has 0 saturated carbocycles. The third kappa shape index (κ3) is 3.32. The fourth-order valence-corrected chi connectivity index (χ4v) is 1.83. The van der Waals surface area contributed by atoms with Crippen molar-refractivity contribution in [3.8, 4) is 11.1 Å². The smallest absolute Gasteiger partial charge is 0.273 e. The van der Waals surface area contributed by atoms with E-state index in [0.717, 1.165) is 0 Å². The lowest BCUT2D eigenvalue weighted by Gasteiger charge is -2.09. The number of methoxy groups -OCH3 is 1. The Labute approximate surface area is 120 Å². The predicted molar refractivity (Wildman–Crippen MR) is 74.3 cm³/mol. The van der Waals surface area contributed by atoms with Crippen LogP contribution in [0.15, 0.2) is 35.3 Å². The molecule has 0 radical (unpaired) electrons. The topological polar surface area (TPSA) is 87.2 Å². The Hall–Kier alpha value is -2.54. The second-order valence-corrected chi connectivity index (χ2v) is 4.35. The molecule has 0 unspecified atom stereocenters. The molecule has 110 valence electrons. The molecule has 7 heteroatoms. The number of hydrogen-bond acceptors (Lipinski definition) is 4. The second kappa shape index (κ2) is 6.27. The van der Waals surface area contributed by atoms with Crippen LogP contribution in [0.2, 0.25) is 0 Å². The van der Waals surface area contributed by atoms with Gasteiger partial charge >= 0.3 is 0 Å². The highest BCUT2D eigenvalue weighted by Gasteiger charge is 2.15. The Morgan fingerprint density at radius 3 is 2.62 bits per heavy atom. The summed E-state index contributed by atoms with van der Waals surface area (Å²) in [6.45, 7) is 0.711. The Kier molecular flexibility index (Phi) is 4.44. The van der Waals surface area contributed by atoms with E-state index in [2.05, 4.69) is 5.10 Å². The van der Waals surface area contributed by atoms with Gasteiger partial charge in [0.15, 0.2) is 5.69 Å². The summed E-state index contributed by atoms with van der Waals surface area (Å²) in [7, 11) is 1.53. The first kappa shape index (κ1) is 14.9. The minimum atomic E-state index is -0.907. The molecule has 1 amide bonds. The van der Waals surface area contributed by atoms with Gasteiger partial charge in [-0.05, 0) is 17.7 Å². The molecule has 0 spiro atoms. The van der Waals surface area contributed by atoms with Crippen molar-refractivity contribution in [2.45, 2.75) is 6.54 Å². The van der Waals surface area contributed by atoms with Crippen LogP contribution in [0, 0.1) is 5.82 Å². The number of hydrogen-bond donors (Lipinski definition) is 1. The van der Waals surface area contributed by atoms with E-state index in [9.17, 15) is 14.0 Å². The number of primary amides is 1. The molecule has 2 N–H and O–H groups in total. The number of nitrogens with zero attached hydrogens (tertiary/aromatic N) is 2. The Morgan fingerprint density at radius 2 is 2.05 bits per heavy atom. The molecule has 0 aliphatic carbocycles. The number of carbonyl (C=O) groups is 1. The first-order chi connectivity index (χ1) is 10.0. The highest BCUT2D eigenvalue weighted by Crippen LogP contribution is 2.15. The molecule has 0 aliphatic rings. The molecule has 0 aliphatic heterocycles. The molecule has 0 fully saturated rings. The van der Waals surface area contributed by atoms with E-state index < -0.39 is 17.2 Å². The Balaban J connectivity index is 2.57. The summed E-state index contributed by atoms with van der Waals surface area (Å²) in [4.78, 5) is 23.6. The van der Waals surface area contributed by atoms with Crippen molar-refractivity contribution in [3.63, 3.8) is 0 Å². The van der Waals surface area contributed by atoms with E-state index in [-0.39, 0.29) is 11.3 Å². The minimum absolute atomic E-state index is 0.231. The van der Waals surface area contributed by atoms with Gasteiger partial charge in [0.05, 0.1) is 13.2 Å². The van der Waals surface area contributed by atoms with Crippen molar-refractivity contribution >= 4 is 5.91 Å². The van der Waals surface area contributed by atoms with E-state index in [1.165, 1.54) is 42.3 Å². The largest absolute Gasteiger partial charge is 0.383 e. The van der Waals surface area contributed by atoms with Crippen molar-refractivity contribution < 1.29 is 13.9 Å². The fourth-order valence-electron chi connectivity index (χ4n) is 1.83. The van der Waals surface area contributed by atoms with Gasteiger partial charge in [0, 0.05) is 18.9 Å². The maximum absolute atomic E-state index is 13.0. The van der Waals surface area contributed by atoms with Gasteiger partial charge < -0.3 is 10.5 Å². The lowest BCUT2D eigenvalue weighted by Crippen LogP contribution is -2.28. The van der Waals surface area contributed by atoms with Crippen molar-refractivity contribution in [1.29, 1.82) is 0 Å². The zero-order valence-corrected chi connectivity index (χ0v) is 11.4. The normalized spacial score (nSPS) is 10.6. The van der Waals surface area contributed by atoms with Crippen LogP contribution in [0.1, 0.15) is 10.5 Å². The minimum Gasteiger partial charge on any atom is -0.383 e. The van der Waals surface area contributed by atoms with Crippen LogP contribution in [0.25, 0.3) is 11.1 Å². The number of halogens is 1. The lowest BCUT2D eigenvalue weighted by atomic mass is 10.1. The fraction of sp³-hybridized carbons (Fsp3) is 0.214. The third-order valence-corrected chi connectivity index (χ3v) is 2.88. The Morgan fingerprint density at radius 1 is 1.38 bits per heavy atom. The number of rotatable bonds is 5. The molecule has 1 heterocycles. The summed E-state index contributed by atoms with van der Waals surface area (Å²) >= 11 is 0. The van der Waals surface area contributed by atoms with Crippen LogP contribution < -0.4 is 11.2 Å². The third-order valence-electron chi connectivity index (χ3n) is 2.88. The summed E-state index contributed by atoms with van der Waals surface area (Å²) in [5.41, 5.74) is 4.96. The summed E-state index contributed by atoms with van der Waals surface area (Å²) < 4.78 is 19.3. The first-order valence-corrected chi connectivity index (χ1v) is 6.19. The number of aromatic nitrogens is 2. The first-order valence-electron chi connectivity index (χ1n) is 6.19. The number of benzene rings is 1. The monoisotopic (exact) mass is 291 g/mol. The molecule has 0 bridgehead atoms. The standard InChI is InChI=1S/C14H14FN3O3/c1-21-7-6-18-8-11(9-2-4-10(15)5-3-9)13(19)12(17-18)14(16)20/h2-5,8H,6-7H2,1H3,(H2,16,20). The highest BCUT2D eigenvalue weighted by molar-refractivity contribution is 5.91. The zero-order chi connectivity index (χ0) is 15.4. The summed E-state index contributed by atoms with van der Waals surface area (Å²) in [6, 6.07) is 5.38. The van der Waals surface area contributed by atoms with E-state index in [1.807, 2.05) is 0 Å². The number of nitrogens with two attached hydrogens (primary N) is 1. The van der Waals surface area contributed by atoms with Crippen LogP contribution in [-0.4, -0.2) is 29.4 Å². The van der Waals surface area contributed by atoms with Crippen molar-refractivity contribution in [1.82, 2.24) is 9.78 Å². The molecule has 21 heavy (non-hydrogen) atoms. The molecular weight excluding hydrogens is 277 g/mol. The number of ether oxygens (including phenoxy) is 1. The van der Waals surface area contributed by atoms with E-state index in [4.69, 9.17) is 10.5 Å².